The van der Waals surface area contributed by atoms with E-state index in [1.165, 1.54) is 25.7 Å². The monoisotopic (exact) mass is 280 g/mol. The lowest BCUT2D eigenvalue weighted by Gasteiger charge is -2.38. The summed E-state index contributed by atoms with van der Waals surface area (Å²) in [5.41, 5.74) is 0. The molecule has 0 aromatic rings. The average molecular weight is 280 g/mol. The molecule has 2 aliphatic heterocycles. The Morgan fingerprint density at radius 1 is 1.15 bits per heavy atom. The fraction of sp³-hybridized carbons (Fsp3) is 0.867. The molecule has 112 valence electrons. The van der Waals surface area contributed by atoms with E-state index in [0.29, 0.717) is 18.5 Å². The maximum atomic E-state index is 12.3. The van der Waals surface area contributed by atoms with Gasteiger partial charge in [-0.25, -0.2) is 0 Å². The molecule has 0 unspecified atom stereocenters. The van der Waals surface area contributed by atoms with Crippen molar-refractivity contribution in [3.05, 3.63) is 0 Å². The van der Waals surface area contributed by atoms with Gasteiger partial charge in [0.05, 0.1) is 12.5 Å². The summed E-state index contributed by atoms with van der Waals surface area (Å²) in [6.07, 6.45) is 8.54. The number of rotatable bonds is 2. The van der Waals surface area contributed by atoms with Crippen LogP contribution in [-0.4, -0.2) is 47.9 Å². The van der Waals surface area contributed by atoms with Gasteiger partial charge in [-0.3, -0.25) is 9.59 Å². The number of hydrogen-bond acceptors (Lipinski definition) is 2. The number of hydrogen-bond donors (Lipinski definition) is 2. The highest BCUT2D eigenvalue weighted by atomic mass is 16.2. The Bertz CT molecular complexity index is 379. The zero-order valence-electron chi connectivity index (χ0n) is 12.1. The van der Waals surface area contributed by atoms with Gasteiger partial charge in [0, 0.05) is 19.5 Å². The zero-order chi connectivity index (χ0) is 13.9. The molecule has 0 bridgehead atoms. The number of quaternary nitrogens is 1. The third-order valence-corrected chi connectivity index (χ3v) is 5.07. The summed E-state index contributed by atoms with van der Waals surface area (Å²) in [7, 11) is 0. The standard InChI is InChI=1S/C15H25N3O2/c19-14(18-8-4-1-5-9-18)10-13-15(20)17-12-7-3-2-6-11(12)16-13/h11-13,16H,1-10H2,(H,17,20)/p+1/t11-,12-,13-/m1/s1. The van der Waals surface area contributed by atoms with Crippen molar-refractivity contribution in [2.24, 2.45) is 0 Å². The van der Waals surface area contributed by atoms with Gasteiger partial charge in [-0.05, 0) is 32.1 Å². The van der Waals surface area contributed by atoms with E-state index in [1.807, 2.05) is 4.90 Å². The SMILES string of the molecule is O=C1N[C@@H]2CCCC[C@H]2[NH2+][C@@H]1CC(=O)N1CCCCC1. The molecule has 0 radical (unpaired) electrons. The largest absolute Gasteiger partial charge is 0.342 e. The van der Waals surface area contributed by atoms with Gasteiger partial charge < -0.3 is 15.5 Å². The van der Waals surface area contributed by atoms with Crippen LogP contribution in [-0.2, 0) is 9.59 Å². The summed E-state index contributed by atoms with van der Waals surface area (Å²) in [6.45, 7) is 1.75. The number of likely N-dealkylation sites (tertiary alicyclic amines) is 1. The van der Waals surface area contributed by atoms with Gasteiger partial charge in [-0.2, -0.15) is 0 Å². The van der Waals surface area contributed by atoms with E-state index in [-0.39, 0.29) is 17.9 Å². The lowest BCUT2D eigenvalue weighted by molar-refractivity contribution is -0.718. The van der Waals surface area contributed by atoms with Crippen LogP contribution in [0.5, 0.6) is 0 Å². The van der Waals surface area contributed by atoms with Crippen LogP contribution in [0.2, 0.25) is 0 Å². The minimum Gasteiger partial charge on any atom is -0.342 e. The molecule has 3 rings (SSSR count). The van der Waals surface area contributed by atoms with E-state index in [1.54, 1.807) is 0 Å². The Hall–Kier alpha value is -1.10. The van der Waals surface area contributed by atoms with Gasteiger partial charge >= 0.3 is 0 Å². The fourth-order valence-electron chi connectivity index (χ4n) is 3.87. The van der Waals surface area contributed by atoms with Gasteiger partial charge in [0.2, 0.25) is 5.91 Å². The number of carbonyl (C=O) groups is 2. The minimum atomic E-state index is -0.205. The first-order valence-electron chi connectivity index (χ1n) is 8.17. The molecule has 20 heavy (non-hydrogen) atoms. The average Bonchev–Trinajstić information content (AvgIpc) is 2.49. The second kappa shape index (κ2) is 6.12. The number of nitrogens with zero attached hydrogens (tertiary/aromatic N) is 1. The second-order valence-corrected chi connectivity index (χ2v) is 6.51. The Morgan fingerprint density at radius 2 is 1.90 bits per heavy atom. The highest BCUT2D eigenvalue weighted by molar-refractivity contribution is 5.87. The van der Waals surface area contributed by atoms with Crippen LogP contribution in [0.3, 0.4) is 0 Å². The van der Waals surface area contributed by atoms with Crippen molar-refractivity contribution in [1.29, 1.82) is 0 Å². The highest BCUT2D eigenvalue weighted by Crippen LogP contribution is 2.19. The van der Waals surface area contributed by atoms with E-state index in [0.717, 1.165) is 32.4 Å². The molecule has 5 heteroatoms. The molecule has 0 spiro atoms. The van der Waals surface area contributed by atoms with E-state index in [9.17, 15) is 9.59 Å². The third-order valence-electron chi connectivity index (χ3n) is 5.07. The molecule has 0 aromatic carbocycles. The highest BCUT2D eigenvalue weighted by Gasteiger charge is 2.41. The number of piperazine rings is 1. The summed E-state index contributed by atoms with van der Waals surface area (Å²) in [6, 6.07) is 0.613. The van der Waals surface area contributed by atoms with E-state index >= 15 is 0 Å². The lowest BCUT2D eigenvalue weighted by atomic mass is 9.87. The third kappa shape index (κ3) is 2.97. The number of piperidine rings is 1. The number of carbonyl (C=O) groups excluding carboxylic acids is 2. The summed E-state index contributed by atoms with van der Waals surface area (Å²) < 4.78 is 0. The van der Waals surface area contributed by atoms with Gasteiger partial charge in [-0.1, -0.05) is 6.42 Å². The molecule has 3 atom stereocenters. The Labute approximate surface area is 120 Å². The smallest absolute Gasteiger partial charge is 0.279 e. The number of amides is 2. The van der Waals surface area contributed by atoms with Gasteiger partial charge in [0.15, 0.2) is 6.04 Å². The van der Waals surface area contributed by atoms with Crippen LogP contribution in [0.1, 0.15) is 51.4 Å². The summed E-state index contributed by atoms with van der Waals surface area (Å²) in [5, 5.41) is 5.31. The normalized spacial score (nSPS) is 34.3. The molecule has 1 saturated carbocycles. The molecule has 2 amide bonds. The topological polar surface area (TPSA) is 66.0 Å². The van der Waals surface area contributed by atoms with Crippen molar-refractivity contribution >= 4 is 11.8 Å². The zero-order valence-corrected chi connectivity index (χ0v) is 12.1. The first-order valence-corrected chi connectivity index (χ1v) is 8.17. The number of nitrogens with two attached hydrogens (primary N) is 1. The van der Waals surface area contributed by atoms with Gasteiger partial charge in [0.25, 0.3) is 5.91 Å². The van der Waals surface area contributed by atoms with Crippen molar-refractivity contribution in [2.75, 3.05) is 13.1 Å². The number of fused-ring (bicyclic) bond motifs is 1. The Kier molecular flexibility index (Phi) is 4.24. The Balaban J connectivity index is 1.56. The molecule has 2 heterocycles. The van der Waals surface area contributed by atoms with Crippen LogP contribution in [0, 0.1) is 0 Å². The second-order valence-electron chi connectivity index (χ2n) is 6.51. The molecular formula is C15H26N3O2+. The molecule has 3 aliphatic rings. The maximum absolute atomic E-state index is 12.3. The van der Waals surface area contributed by atoms with Crippen molar-refractivity contribution in [3.63, 3.8) is 0 Å². The molecule has 3 fully saturated rings. The van der Waals surface area contributed by atoms with Crippen LogP contribution in [0.4, 0.5) is 0 Å². The predicted molar refractivity (Wildman–Crippen MR) is 74.9 cm³/mol. The Morgan fingerprint density at radius 3 is 2.70 bits per heavy atom. The molecule has 1 aliphatic carbocycles. The lowest BCUT2D eigenvalue weighted by Crippen LogP contribution is -3.03. The van der Waals surface area contributed by atoms with Crippen molar-refractivity contribution in [2.45, 2.75) is 69.5 Å². The van der Waals surface area contributed by atoms with Crippen LogP contribution in [0.15, 0.2) is 0 Å². The van der Waals surface area contributed by atoms with E-state index in [2.05, 4.69) is 10.6 Å². The minimum absolute atomic E-state index is 0.0681. The molecule has 0 aromatic heterocycles. The first kappa shape index (κ1) is 13.9. The van der Waals surface area contributed by atoms with Crippen LogP contribution >= 0.6 is 0 Å². The summed E-state index contributed by atoms with van der Waals surface area (Å²) in [5.74, 6) is 0.230. The first-order chi connectivity index (χ1) is 9.74. The molecular weight excluding hydrogens is 254 g/mol. The molecule has 3 N–H and O–H groups in total. The quantitative estimate of drug-likeness (QED) is 0.733. The van der Waals surface area contributed by atoms with Crippen molar-refractivity contribution in [3.8, 4) is 0 Å². The van der Waals surface area contributed by atoms with Gasteiger partial charge in [0.1, 0.15) is 6.04 Å². The molecule has 2 saturated heterocycles. The fourth-order valence-corrected chi connectivity index (χ4v) is 3.87. The predicted octanol–water partition coefficient (Wildman–Crippen LogP) is -0.238. The van der Waals surface area contributed by atoms with Crippen molar-refractivity contribution in [1.82, 2.24) is 10.2 Å². The van der Waals surface area contributed by atoms with E-state index < -0.39 is 0 Å². The van der Waals surface area contributed by atoms with Gasteiger partial charge in [-0.15, -0.1) is 0 Å². The van der Waals surface area contributed by atoms with Crippen molar-refractivity contribution < 1.29 is 14.9 Å². The van der Waals surface area contributed by atoms with Crippen LogP contribution in [0.25, 0.3) is 0 Å². The van der Waals surface area contributed by atoms with Crippen LogP contribution < -0.4 is 10.6 Å². The number of nitrogens with one attached hydrogen (secondary N) is 1. The molecule has 5 nitrogen and oxygen atoms in total. The summed E-state index contributed by atoms with van der Waals surface area (Å²) in [4.78, 5) is 26.4. The van der Waals surface area contributed by atoms with E-state index in [4.69, 9.17) is 0 Å². The maximum Gasteiger partial charge on any atom is 0.279 e. The summed E-state index contributed by atoms with van der Waals surface area (Å²) >= 11 is 0.